The molecule has 2 aromatic rings. The van der Waals surface area contributed by atoms with Crippen LogP contribution in [0.1, 0.15) is 18.2 Å². The van der Waals surface area contributed by atoms with Crippen molar-refractivity contribution in [3.63, 3.8) is 0 Å². The van der Waals surface area contributed by atoms with Gasteiger partial charge in [0, 0.05) is 5.56 Å². The van der Waals surface area contributed by atoms with Gasteiger partial charge in [0.1, 0.15) is 5.82 Å². The number of benzene rings is 1. The Morgan fingerprint density at radius 2 is 1.83 bits per heavy atom. The molecule has 0 radical (unpaired) electrons. The lowest BCUT2D eigenvalue weighted by Gasteiger charge is -2.25. The molecular formula is C13H11F3N2. The summed E-state index contributed by atoms with van der Waals surface area (Å²) < 4.78 is 39.7. The molecule has 1 unspecified atom stereocenters. The van der Waals surface area contributed by atoms with Crippen LogP contribution in [0.5, 0.6) is 0 Å². The highest BCUT2D eigenvalue weighted by atomic mass is 19.2. The van der Waals surface area contributed by atoms with Gasteiger partial charge in [-0.2, -0.15) is 0 Å². The highest BCUT2D eigenvalue weighted by molar-refractivity contribution is 5.34. The summed E-state index contributed by atoms with van der Waals surface area (Å²) >= 11 is 0. The molecule has 1 aromatic heterocycles. The molecule has 0 saturated heterocycles. The van der Waals surface area contributed by atoms with Gasteiger partial charge < -0.3 is 5.73 Å². The van der Waals surface area contributed by atoms with Gasteiger partial charge in [-0.3, -0.25) is 4.98 Å². The molecule has 0 aliphatic rings. The summed E-state index contributed by atoms with van der Waals surface area (Å²) in [7, 11) is 0. The minimum absolute atomic E-state index is 0.0263. The van der Waals surface area contributed by atoms with Gasteiger partial charge in [-0.1, -0.05) is 12.1 Å². The van der Waals surface area contributed by atoms with Crippen LogP contribution in [0.15, 0.2) is 36.5 Å². The average Bonchev–Trinajstić information content (AvgIpc) is 2.33. The lowest BCUT2D eigenvalue weighted by molar-refractivity contribution is 0.463. The average molecular weight is 252 g/mol. The third-order valence-corrected chi connectivity index (χ3v) is 2.77. The van der Waals surface area contributed by atoms with E-state index in [0.717, 1.165) is 12.3 Å². The van der Waals surface area contributed by atoms with E-state index in [1.165, 1.54) is 31.2 Å². The monoisotopic (exact) mass is 252 g/mol. The Morgan fingerprint density at radius 1 is 1.11 bits per heavy atom. The standard InChI is InChI=1S/C13H11F3N2/c1-13(17,11-6-5-8(14)7-18-11)9-3-2-4-10(15)12(9)16/h2-7H,17H2,1H3. The predicted molar refractivity (Wildman–Crippen MR) is 61.2 cm³/mol. The Balaban J connectivity index is 2.54. The normalized spacial score (nSPS) is 14.3. The molecule has 0 spiro atoms. The van der Waals surface area contributed by atoms with Gasteiger partial charge in [0.2, 0.25) is 0 Å². The molecule has 94 valence electrons. The minimum Gasteiger partial charge on any atom is -0.317 e. The van der Waals surface area contributed by atoms with E-state index in [1.54, 1.807) is 0 Å². The van der Waals surface area contributed by atoms with Gasteiger partial charge in [0.25, 0.3) is 0 Å². The lowest BCUT2D eigenvalue weighted by Crippen LogP contribution is -2.36. The molecule has 2 rings (SSSR count). The summed E-state index contributed by atoms with van der Waals surface area (Å²) in [6.45, 7) is 1.49. The van der Waals surface area contributed by atoms with E-state index in [0.29, 0.717) is 0 Å². The number of rotatable bonds is 2. The highest BCUT2D eigenvalue weighted by Crippen LogP contribution is 2.28. The number of hydrogen-bond acceptors (Lipinski definition) is 2. The molecule has 0 amide bonds. The molecule has 1 heterocycles. The highest BCUT2D eigenvalue weighted by Gasteiger charge is 2.29. The number of pyridine rings is 1. The van der Waals surface area contributed by atoms with Crippen LogP contribution in [-0.2, 0) is 5.54 Å². The molecule has 2 nitrogen and oxygen atoms in total. The molecule has 2 N–H and O–H groups in total. The zero-order valence-electron chi connectivity index (χ0n) is 9.62. The van der Waals surface area contributed by atoms with E-state index in [1.807, 2.05) is 0 Å². The summed E-state index contributed by atoms with van der Waals surface area (Å²) in [5.41, 5.74) is 4.89. The summed E-state index contributed by atoms with van der Waals surface area (Å²) in [6, 6.07) is 6.27. The SMILES string of the molecule is CC(N)(c1ccc(F)cn1)c1cccc(F)c1F. The van der Waals surface area contributed by atoms with E-state index in [9.17, 15) is 13.2 Å². The minimum atomic E-state index is -1.33. The first-order valence-corrected chi connectivity index (χ1v) is 5.28. The van der Waals surface area contributed by atoms with Crippen LogP contribution < -0.4 is 5.73 Å². The van der Waals surface area contributed by atoms with Crippen molar-refractivity contribution in [1.82, 2.24) is 4.98 Å². The maximum atomic E-state index is 13.7. The molecule has 0 aliphatic heterocycles. The van der Waals surface area contributed by atoms with E-state index >= 15 is 0 Å². The summed E-state index contributed by atoms with van der Waals surface area (Å²) in [5, 5.41) is 0. The summed E-state index contributed by atoms with van der Waals surface area (Å²) in [6.07, 6.45) is 0.984. The third-order valence-electron chi connectivity index (χ3n) is 2.77. The van der Waals surface area contributed by atoms with Crippen LogP contribution >= 0.6 is 0 Å². The van der Waals surface area contributed by atoms with Crippen molar-refractivity contribution < 1.29 is 13.2 Å². The van der Waals surface area contributed by atoms with E-state index in [2.05, 4.69) is 4.98 Å². The fourth-order valence-electron chi connectivity index (χ4n) is 1.73. The third kappa shape index (κ3) is 2.09. The van der Waals surface area contributed by atoms with Crippen molar-refractivity contribution >= 4 is 0 Å². The number of aromatic nitrogens is 1. The van der Waals surface area contributed by atoms with Crippen LogP contribution in [0, 0.1) is 17.5 Å². The molecule has 1 atom stereocenters. The Morgan fingerprint density at radius 3 is 2.44 bits per heavy atom. The van der Waals surface area contributed by atoms with E-state index < -0.39 is 23.0 Å². The maximum absolute atomic E-state index is 13.7. The number of hydrogen-bond donors (Lipinski definition) is 1. The van der Waals surface area contributed by atoms with Crippen LogP contribution in [0.2, 0.25) is 0 Å². The molecule has 18 heavy (non-hydrogen) atoms. The Kier molecular flexibility index (Phi) is 3.09. The summed E-state index contributed by atoms with van der Waals surface area (Å²) in [4.78, 5) is 3.81. The van der Waals surface area contributed by atoms with Crippen molar-refractivity contribution in [2.45, 2.75) is 12.5 Å². The number of nitrogens with zero attached hydrogens (tertiary/aromatic N) is 1. The van der Waals surface area contributed by atoms with Gasteiger partial charge in [-0.25, -0.2) is 13.2 Å². The quantitative estimate of drug-likeness (QED) is 0.892. The van der Waals surface area contributed by atoms with Crippen molar-refractivity contribution in [2.24, 2.45) is 5.73 Å². The van der Waals surface area contributed by atoms with Crippen molar-refractivity contribution in [1.29, 1.82) is 0 Å². The van der Waals surface area contributed by atoms with Crippen LogP contribution in [-0.4, -0.2) is 4.98 Å². The van der Waals surface area contributed by atoms with Crippen molar-refractivity contribution in [2.75, 3.05) is 0 Å². The van der Waals surface area contributed by atoms with Gasteiger partial charge in [-0.15, -0.1) is 0 Å². The van der Waals surface area contributed by atoms with Crippen LogP contribution in [0.4, 0.5) is 13.2 Å². The van der Waals surface area contributed by atoms with Crippen LogP contribution in [0.25, 0.3) is 0 Å². The molecule has 5 heteroatoms. The second-order valence-electron chi connectivity index (χ2n) is 4.17. The largest absolute Gasteiger partial charge is 0.317 e. The zero-order valence-corrected chi connectivity index (χ0v) is 9.62. The first-order chi connectivity index (χ1) is 8.43. The molecular weight excluding hydrogens is 241 g/mol. The van der Waals surface area contributed by atoms with E-state index in [-0.39, 0.29) is 11.3 Å². The zero-order chi connectivity index (χ0) is 13.3. The Labute approximate surface area is 102 Å². The summed E-state index contributed by atoms with van der Waals surface area (Å²) in [5.74, 6) is -2.52. The first kappa shape index (κ1) is 12.6. The second kappa shape index (κ2) is 4.42. The molecule has 0 saturated carbocycles. The predicted octanol–water partition coefficient (Wildman–Crippen LogP) is 2.72. The number of nitrogens with two attached hydrogens (primary N) is 1. The topological polar surface area (TPSA) is 38.9 Å². The molecule has 1 aromatic carbocycles. The van der Waals surface area contributed by atoms with Crippen molar-refractivity contribution in [3.8, 4) is 0 Å². The van der Waals surface area contributed by atoms with Gasteiger partial charge >= 0.3 is 0 Å². The van der Waals surface area contributed by atoms with Gasteiger partial charge in [0.05, 0.1) is 17.4 Å². The Hall–Kier alpha value is -1.88. The lowest BCUT2D eigenvalue weighted by atomic mass is 9.89. The first-order valence-electron chi connectivity index (χ1n) is 5.28. The smallest absolute Gasteiger partial charge is 0.164 e. The fourth-order valence-corrected chi connectivity index (χ4v) is 1.73. The van der Waals surface area contributed by atoms with Crippen LogP contribution in [0.3, 0.4) is 0 Å². The molecule has 0 aliphatic carbocycles. The fraction of sp³-hybridized carbons (Fsp3) is 0.154. The number of halogens is 3. The molecule has 0 bridgehead atoms. The Bertz CT molecular complexity index is 565. The second-order valence-corrected chi connectivity index (χ2v) is 4.17. The maximum Gasteiger partial charge on any atom is 0.164 e. The van der Waals surface area contributed by atoms with Gasteiger partial charge in [-0.05, 0) is 25.1 Å². The van der Waals surface area contributed by atoms with Gasteiger partial charge in [0.15, 0.2) is 11.6 Å². The van der Waals surface area contributed by atoms with E-state index in [4.69, 9.17) is 5.73 Å². The van der Waals surface area contributed by atoms with Crippen molar-refractivity contribution in [3.05, 3.63) is 65.2 Å². The molecule has 0 fully saturated rings.